The summed E-state index contributed by atoms with van der Waals surface area (Å²) in [7, 11) is 0. The van der Waals surface area contributed by atoms with Crippen molar-refractivity contribution in [2.24, 2.45) is 0 Å². The Kier molecular flexibility index (Phi) is 3.83. The van der Waals surface area contributed by atoms with Crippen LogP contribution in [0, 0.1) is 0 Å². The van der Waals surface area contributed by atoms with Gasteiger partial charge in [0.05, 0.1) is 0 Å². The van der Waals surface area contributed by atoms with E-state index in [1.807, 2.05) is 42.5 Å². The summed E-state index contributed by atoms with van der Waals surface area (Å²) >= 11 is 5.63. The minimum atomic E-state index is 0.321. The number of benzene rings is 2. The van der Waals surface area contributed by atoms with E-state index in [0.717, 1.165) is 28.6 Å². The maximum absolute atomic E-state index is 5.63. The summed E-state index contributed by atoms with van der Waals surface area (Å²) in [4.78, 5) is 0. The SMILES string of the molecule is ClCc1ccc2c(c1)OCO2.c1ccc2c(c1)OCO2. The van der Waals surface area contributed by atoms with Gasteiger partial charge >= 0.3 is 0 Å². The Balaban J connectivity index is 0.000000123. The van der Waals surface area contributed by atoms with E-state index in [1.165, 1.54) is 0 Å². The highest BCUT2D eigenvalue weighted by Gasteiger charge is 2.12. The van der Waals surface area contributed by atoms with E-state index in [4.69, 9.17) is 30.5 Å². The first kappa shape index (κ1) is 12.9. The van der Waals surface area contributed by atoms with E-state index in [9.17, 15) is 0 Å². The van der Waals surface area contributed by atoms with E-state index < -0.39 is 0 Å². The highest BCUT2D eigenvalue weighted by Crippen LogP contribution is 2.32. The third kappa shape index (κ3) is 2.75. The monoisotopic (exact) mass is 292 g/mol. The minimum absolute atomic E-state index is 0.321. The Labute approximate surface area is 121 Å². The molecule has 0 unspecified atom stereocenters. The maximum atomic E-state index is 5.63. The van der Waals surface area contributed by atoms with Gasteiger partial charge in [-0.1, -0.05) is 18.2 Å². The number of rotatable bonds is 1. The Bertz CT molecular complexity index is 577. The Morgan fingerprint density at radius 1 is 0.750 bits per heavy atom. The number of halogens is 1. The van der Waals surface area contributed by atoms with Crippen LogP contribution in [0.4, 0.5) is 0 Å². The molecule has 0 aliphatic carbocycles. The molecule has 0 fully saturated rings. The largest absolute Gasteiger partial charge is 0.454 e. The van der Waals surface area contributed by atoms with Crippen molar-refractivity contribution in [1.82, 2.24) is 0 Å². The second kappa shape index (κ2) is 5.92. The van der Waals surface area contributed by atoms with Crippen molar-refractivity contribution in [3.8, 4) is 23.0 Å². The Morgan fingerprint density at radius 2 is 1.30 bits per heavy atom. The number of hydrogen-bond acceptors (Lipinski definition) is 4. The standard InChI is InChI=1S/C8H7ClO2.C7H6O2/c9-4-6-1-2-7-8(3-6)11-5-10-7;1-2-4-7-6(3-1)8-5-9-7/h1-3H,4-5H2;1-4H,5H2. The third-order valence-corrected chi connectivity index (χ3v) is 3.18. The molecule has 5 heteroatoms. The van der Waals surface area contributed by atoms with Crippen LogP contribution in [0.2, 0.25) is 0 Å². The van der Waals surface area contributed by atoms with E-state index in [1.54, 1.807) is 0 Å². The second-order valence-electron chi connectivity index (χ2n) is 4.17. The van der Waals surface area contributed by atoms with Crippen LogP contribution in [0.25, 0.3) is 0 Å². The van der Waals surface area contributed by atoms with Crippen LogP contribution in [0.5, 0.6) is 23.0 Å². The second-order valence-corrected chi connectivity index (χ2v) is 4.44. The topological polar surface area (TPSA) is 36.9 Å². The average Bonchev–Trinajstić information content (AvgIpc) is 3.15. The first-order valence-electron chi connectivity index (χ1n) is 6.16. The molecule has 0 radical (unpaired) electrons. The van der Waals surface area contributed by atoms with Gasteiger partial charge in [-0.25, -0.2) is 0 Å². The molecule has 0 atom stereocenters. The molecule has 2 aromatic carbocycles. The van der Waals surface area contributed by atoms with Gasteiger partial charge in [0.2, 0.25) is 13.6 Å². The molecule has 0 aromatic heterocycles. The van der Waals surface area contributed by atoms with Gasteiger partial charge in [-0.05, 0) is 29.8 Å². The van der Waals surface area contributed by atoms with Crippen LogP contribution in [0.15, 0.2) is 42.5 Å². The lowest BCUT2D eigenvalue weighted by Gasteiger charge is -1.97. The lowest BCUT2D eigenvalue weighted by Crippen LogP contribution is -1.92. The molecule has 104 valence electrons. The summed E-state index contributed by atoms with van der Waals surface area (Å²) in [5.74, 6) is 3.80. The Morgan fingerprint density at radius 3 is 1.90 bits per heavy atom. The molecule has 0 spiro atoms. The van der Waals surface area contributed by atoms with E-state index in [2.05, 4.69) is 0 Å². The number of ether oxygens (including phenoxy) is 4. The fourth-order valence-corrected chi connectivity index (χ4v) is 2.04. The van der Waals surface area contributed by atoms with Gasteiger partial charge < -0.3 is 18.9 Å². The highest BCUT2D eigenvalue weighted by atomic mass is 35.5. The Hall–Kier alpha value is -2.07. The lowest BCUT2D eigenvalue weighted by atomic mass is 10.2. The van der Waals surface area contributed by atoms with Gasteiger partial charge in [0.15, 0.2) is 23.0 Å². The van der Waals surface area contributed by atoms with Gasteiger partial charge in [-0.15, -0.1) is 11.6 Å². The number of hydrogen-bond donors (Lipinski definition) is 0. The summed E-state index contributed by atoms with van der Waals surface area (Å²) in [5, 5.41) is 0. The van der Waals surface area contributed by atoms with Crippen LogP contribution >= 0.6 is 11.6 Å². The highest BCUT2D eigenvalue weighted by molar-refractivity contribution is 6.17. The van der Waals surface area contributed by atoms with Crippen molar-refractivity contribution in [2.45, 2.75) is 5.88 Å². The van der Waals surface area contributed by atoms with E-state index in [0.29, 0.717) is 19.5 Å². The molecule has 0 N–H and O–H groups in total. The van der Waals surface area contributed by atoms with Gasteiger partial charge in [-0.3, -0.25) is 0 Å². The molecule has 2 aromatic rings. The molecule has 2 aliphatic rings. The molecule has 0 saturated carbocycles. The van der Waals surface area contributed by atoms with Gasteiger partial charge in [-0.2, -0.15) is 0 Å². The maximum Gasteiger partial charge on any atom is 0.231 e. The van der Waals surface area contributed by atoms with Crippen molar-refractivity contribution >= 4 is 11.6 Å². The van der Waals surface area contributed by atoms with Gasteiger partial charge in [0.25, 0.3) is 0 Å². The van der Waals surface area contributed by atoms with Crippen molar-refractivity contribution in [2.75, 3.05) is 13.6 Å². The molecule has 0 saturated heterocycles. The van der Waals surface area contributed by atoms with Crippen LogP contribution in [-0.2, 0) is 5.88 Å². The normalized spacial score (nSPS) is 13.7. The minimum Gasteiger partial charge on any atom is -0.454 e. The van der Waals surface area contributed by atoms with Crippen molar-refractivity contribution in [3.05, 3.63) is 48.0 Å². The third-order valence-electron chi connectivity index (χ3n) is 2.87. The molecular formula is C15H13ClO4. The molecule has 20 heavy (non-hydrogen) atoms. The number of para-hydroxylation sites is 2. The fourth-order valence-electron chi connectivity index (χ4n) is 1.87. The van der Waals surface area contributed by atoms with E-state index in [-0.39, 0.29) is 0 Å². The zero-order chi connectivity index (χ0) is 13.8. The lowest BCUT2D eigenvalue weighted by molar-refractivity contribution is 0.173. The van der Waals surface area contributed by atoms with Crippen LogP contribution in [-0.4, -0.2) is 13.6 Å². The molecule has 2 heterocycles. The zero-order valence-corrected chi connectivity index (χ0v) is 11.4. The first-order chi connectivity index (χ1) is 9.86. The predicted molar refractivity (Wildman–Crippen MR) is 74.7 cm³/mol. The number of fused-ring (bicyclic) bond motifs is 2. The predicted octanol–water partition coefficient (Wildman–Crippen LogP) is 3.57. The summed E-state index contributed by atoms with van der Waals surface area (Å²) in [6, 6.07) is 13.3. The van der Waals surface area contributed by atoms with Crippen LogP contribution in [0.1, 0.15) is 5.56 Å². The van der Waals surface area contributed by atoms with Crippen molar-refractivity contribution < 1.29 is 18.9 Å². The zero-order valence-electron chi connectivity index (χ0n) is 10.7. The van der Waals surface area contributed by atoms with Gasteiger partial charge in [0, 0.05) is 5.88 Å². The molecule has 2 aliphatic heterocycles. The molecule has 0 amide bonds. The van der Waals surface area contributed by atoms with Crippen molar-refractivity contribution in [3.63, 3.8) is 0 Å². The molecular weight excluding hydrogens is 280 g/mol. The van der Waals surface area contributed by atoms with Crippen molar-refractivity contribution in [1.29, 1.82) is 0 Å². The van der Waals surface area contributed by atoms with Gasteiger partial charge in [0.1, 0.15) is 0 Å². The molecule has 0 bridgehead atoms. The first-order valence-corrected chi connectivity index (χ1v) is 6.69. The quantitative estimate of drug-likeness (QED) is 0.753. The smallest absolute Gasteiger partial charge is 0.231 e. The summed E-state index contributed by atoms with van der Waals surface area (Å²) in [6.45, 7) is 0.681. The van der Waals surface area contributed by atoms with Crippen LogP contribution in [0.3, 0.4) is 0 Å². The average molecular weight is 293 g/mol. The number of alkyl halides is 1. The summed E-state index contributed by atoms with van der Waals surface area (Å²) in [5.41, 5.74) is 1.05. The van der Waals surface area contributed by atoms with E-state index >= 15 is 0 Å². The summed E-state index contributed by atoms with van der Waals surface area (Å²) in [6.07, 6.45) is 0. The fraction of sp³-hybridized carbons (Fsp3) is 0.200. The molecule has 4 rings (SSSR count). The van der Waals surface area contributed by atoms with Crippen LogP contribution < -0.4 is 18.9 Å². The molecule has 4 nitrogen and oxygen atoms in total. The summed E-state index contributed by atoms with van der Waals surface area (Å²) < 4.78 is 20.4.